The largest absolute Gasteiger partial charge is 0.497 e. The van der Waals surface area contributed by atoms with Crippen LogP contribution in [0.15, 0.2) is 40.0 Å². The Bertz CT molecular complexity index is 613. The molecule has 0 saturated heterocycles. The molecule has 2 rings (SSSR count). The van der Waals surface area contributed by atoms with Crippen molar-refractivity contribution >= 4 is 23.8 Å². The molecule has 118 valence electrons. The maximum atomic E-state index is 11.5. The van der Waals surface area contributed by atoms with E-state index in [1.54, 1.807) is 7.11 Å². The van der Waals surface area contributed by atoms with Gasteiger partial charge in [0.25, 0.3) is 0 Å². The van der Waals surface area contributed by atoms with Gasteiger partial charge in [-0.2, -0.15) is 5.10 Å². The fourth-order valence-corrected chi connectivity index (χ4v) is 2.60. The summed E-state index contributed by atoms with van der Waals surface area (Å²) in [5.74, 6) is -0.309. The van der Waals surface area contributed by atoms with E-state index in [0.717, 1.165) is 11.3 Å². The Morgan fingerprint density at radius 2 is 2.14 bits per heavy atom. The number of carbonyl (C=O) groups is 1. The summed E-state index contributed by atoms with van der Waals surface area (Å²) in [4.78, 5) is 11.5. The number of allylic oxidation sites excluding steroid dienone is 1. The number of hydrogen-bond acceptors (Lipinski definition) is 5. The number of hydrazone groups is 1. The second-order valence-corrected chi connectivity index (χ2v) is 5.27. The number of carboxylic acid groups (broad SMARTS) is 1. The summed E-state index contributed by atoms with van der Waals surface area (Å²) in [6.07, 6.45) is 1.77. The van der Waals surface area contributed by atoms with Crippen molar-refractivity contribution in [2.24, 2.45) is 5.10 Å². The summed E-state index contributed by atoms with van der Waals surface area (Å²) in [5.41, 5.74) is 2.91. The third-order valence-electron chi connectivity index (χ3n) is 3.60. The van der Waals surface area contributed by atoms with Crippen LogP contribution in [0.5, 0.6) is 5.75 Å². The third-order valence-corrected chi connectivity index (χ3v) is 3.88. The number of carboxylic acids is 1. The molecular formula is C15H18ClN3O3. The predicted molar refractivity (Wildman–Crippen MR) is 85.0 cm³/mol. The van der Waals surface area contributed by atoms with E-state index in [4.69, 9.17) is 16.3 Å². The van der Waals surface area contributed by atoms with E-state index in [0.29, 0.717) is 13.0 Å². The highest BCUT2D eigenvalue weighted by molar-refractivity contribution is 6.41. The van der Waals surface area contributed by atoms with Gasteiger partial charge < -0.3 is 9.84 Å². The molecule has 0 bridgehead atoms. The Morgan fingerprint density at radius 3 is 2.68 bits per heavy atom. The number of aliphatic carboxylic acids is 1. The Morgan fingerprint density at radius 1 is 1.45 bits per heavy atom. The summed E-state index contributed by atoms with van der Waals surface area (Å²) in [5, 5.41) is 16.7. The van der Waals surface area contributed by atoms with E-state index >= 15 is 0 Å². The second-order valence-electron chi connectivity index (χ2n) is 4.86. The van der Waals surface area contributed by atoms with Crippen molar-refractivity contribution in [1.82, 2.24) is 10.7 Å². The Hall–Kier alpha value is -2.05. The first-order chi connectivity index (χ1) is 10.5. The van der Waals surface area contributed by atoms with Crippen molar-refractivity contribution in [3.05, 3.63) is 40.4 Å². The minimum Gasteiger partial charge on any atom is -0.497 e. The minimum atomic E-state index is -1.08. The van der Waals surface area contributed by atoms with Crippen LogP contribution in [-0.2, 0) is 11.3 Å². The summed E-state index contributed by atoms with van der Waals surface area (Å²) >= 11 is 6.01. The minimum absolute atomic E-state index is 0.0696. The molecule has 0 saturated carbocycles. The molecule has 0 spiro atoms. The highest BCUT2D eigenvalue weighted by Crippen LogP contribution is 2.27. The van der Waals surface area contributed by atoms with Gasteiger partial charge in [-0.05, 0) is 24.1 Å². The van der Waals surface area contributed by atoms with Crippen molar-refractivity contribution in [1.29, 1.82) is 0 Å². The van der Waals surface area contributed by atoms with Crippen LogP contribution in [0.1, 0.15) is 18.9 Å². The van der Waals surface area contributed by atoms with Crippen LogP contribution in [0.4, 0.5) is 0 Å². The molecule has 1 unspecified atom stereocenters. The lowest BCUT2D eigenvalue weighted by Gasteiger charge is -2.36. The Balaban J connectivity index is 2.20. The molecule has 1 aliphatic heterocycles. The van der Waals surface area contributed by atoms with E-state index in [1.807, 2.05) is 31.2 Å². The van der Waals surface area contributed by atoms with Crippen molar-refractivity contribution in [3.8, 4) is 5.75 Å². The van der Waals surface area contributed by atoms with Crippen molar-refractivity contribution in [3.63, 3.8) is 0 Å². The highest BCUT2D eigenvalue weighted by Gasteiger charge is 2.40. The van der Waals surface area contributed by atoms with E-state index in [1.165, 1.54) is 6.21 Å². The fraction of sp³-hybridized carbons (Fsp3) is 0.333. The first kappa shape index (κ1) is 16.3. The zero-order valence-electron chi connectivity index (χ0n) is 12.4. The lowest BCUT2D eigenvalue weighted by atomic mass is 9.95. The van der Waals surface area contributed by atoms with E-state index in [2.05, 4.69) is 15.8 Å². The summed E-state index contributed by atoms with van der Waals surface area (Å²) in [6, 6.07) is 7.52. The quantitative estimate of drug-likeness (QED) is 0.746. The zero-order chi connectivity index (χ0) is 16.2. The maximum Gasteiger partial charge on any atom is 0.337 e. The number of hydrogen-bond donors (Lipinski definition) is 3. The molecule has 0 amide bonds. The molecule has 6 nitrogen and oxygen atoms in total. The lowest BCUT2D eigenvalue weighted by Crippen LogP contribution is -2.58. The monoisotopic (exact) mass is 323 g/mol. The average molecular weight is 324 g/mol. The van der Waals surface area contributed by atoms with Gasteiger partial charge in [0.1, 0.15) is 11.4 Å². The second kappa shape index (κ2) is 6.81. The number of ether oxygens (including phenoxy) is 1. The normalized spacial score (nSPS) is 20.7. The van der Waals surface area contributed by atoms with Gasteiger partial charge in [-0.3, -0.25) is 10.7 Å². The van der Waals surface area contributed by atoms with E-state index in [9.17, 15) is 9.90 Å². The molecule has 7 heteroatoms. The van der Waals surface area contributed by atoms with Crippen molar-refractivity contribution < 1.29 is 14.6 Å². The first-order valence-corrected chi connectivity index (χ1v) is 7.22. The molecule has 0 aliphatic carbocycles. The number of nitrogens with zero attached hydrogens (tertiary/aromatic N) is 1. The van der Waals surface area contributed by atoms with Gasteiger partial charge in [0.2, 0.25) is 0 Å². The molecule has 1 aromatic carbocycles. The smallest absolute Gasteiger partial charge is 0.337 e. The molecule has 1 aliphatic rings. The van der Waals surface area contributed by atoms with Crippen LogP contribution < -0.4 is 15.5 Å². The zero-order valence-corrected chi connectivity index (χ0v) is 13.1. The number of methoxy groups -OCH3 is 1. The van der Waals surface area contributed by atoms with E-state index < -0.39 is 11.6 Å². The fourth-order valence-electron chi connectivity index (χ4n) is 2.31. The number of rotatable bonds is 6. The van der Waals surface area contributed by atoms with Crippen LogP contribution in [0.25, 0.3) is 0 Å². The highest BCUT2D eigenvalue weighted by atomic mass is 35.5. The number of nitrogens with one attached hydrogen (secondary N) is 2. The number of halogens is 1. The summed E-state index contributed by atoms with van der Waals surface area (Å²) < 4.78 is 5.11. The summed E-state index contributed by atoms with van der Waals surface area (Å²) in [7, 11) is 1.61. The van der Waals surface area contributed by atoms with E-state index in [-0.39, 0.29) is 10.6 Å². The predicted octanol–water partition coefficient (Wildman–Crippen LogP) is 2.06. The standard InChI is InChI=1S/C15H18ClN3O3/c1-3-15(13(14(20)21)12(16)9-18-19-15)17-8-10-4-6-11(22-2)7-5-10/h4-7,9,17,19H,3,8H2,1-2H3,(H,20,21). The van der Waals surface area contributed by atoms with Crippen LogP contribution >= 0.6 is 11.6 Å². The SMILES string of the molecule is CCC1(NCc2ccc(OC)cc2)NN=CC(Cl)=C1C(=O)O. The van der Waals surface area contributed by atoms with Gasteiger partial charge in [-0.15, -0.1) is 0 Å². The van der Waals surface area contributed by atoms with Gasteiger partial charge in [0.15, 0.2) is 0 Å². The Labute approximate surface area is 133 Å². The maximum absolute atomic E-state index is 11.5. The van der Waals surface area contributed by atoms with Crippen molar-refractivity contribution in [2.45, 2.75) is 25.6 Å². The third kappa shape index (κ3) is 3.23. The molecule has 0 aromatic heterocycles. The molecule has 1 aromatic rings. The molecule has 0 radical (unpaired) electrons. The molecule has 22 heavy (non-hydrogen) atoms. The van der Waals surface area contributed by atoms with Gasteiger partial charge >= 0.3 is 5.97 Å². The topological polar surface area (TPSA) is 83.0 Å². The van der Waals surface area contributed by atoms with Gasteiger partial charge in [-0.25, -0.2) is 4.79 Å². The van der Waals surface area contributed by atoms with Crippen LogP contribution in [0.2, 0.25) is 0 Å². The summed E-state index contributed by atoms with van der Waals surface area (Å²) in [6.45, 7) is 2.32. The average Bonchev–Trinajstić information content (AvgIpc) is 2.53. The van der Waals surface area contributed by atoms with Crippen molar-refractivity contribution in [2.75, 3.05) is 7.11 Å². The molecular weight excluding hydrogens is 306 g/mol. The van der Waals surface area contributed by atoms with Gasteiger partial charge in [0.05, 0.1) is 23.9 Å². The van der Waals surface area contributed by atoms with Crippen LogP contribution in [-0.4, -0.2) is 30.1 Å². The molecule has 0 fully saturated rings. The van der Waals surface area contributed by atoms with Gasteiger partial charge in [-0.1, -0.05) is 30.7 Å². The molecule has 3 N–H and O–H groups in total. The lowest BCUT2D eigenvalue weighted by molar-refractivity contribution is -0.133. The first-order valence-electron chi connectivity index (χ1n) is 6.84. The number of benzene rings is 1. The molecule has 1 atom stereocenters. The Kier molecular flexibility index (Phi) is 5.05. The molecule has 1 heterocycles. The van der Waals surface area contributed by atoms with Gasteiger partial charge in [0, 0.05) is 6.54 Å². The van der Waals surface area contributed by atoms with Crippen LogP contribution in [0, 0.1) is 0 Å². The van der Waals surface area contributed by atoms with Crippen LogP contribution in [0.3, 0.4) is 0 Å².